The summed E-state index contributed by atoms with van der Waals surface area (Å²) in [5.41, 5.74) is 1.12. The summed E-state index contributed by atoms with van der Waals surface area (Å²) < 4.78 is 0. The highest BCUT2D eigenvalue weighted by atomic mass is 15.3. The topological polar surface area (TPSA) is 41.1 Å². The first-order valence-electron chi connectivity index (χ1n) is 6.26. The lowest BCUT2D eigenvalue weighted by Crippen LogP contribution is -2.35. The molecule has 4 heteroatoms. The van der Waals surface area contributed by atoms with Crippen LogP contribution in [0.3, 0.4) is 0 Å². The van der Waals surface area contributed by atoms with Gasteiger partial charge in [0, 0.05) is 37.1 Å². The first-order valence-corrected chi connectivity index (χ1v) is 6.26. The predicted octanol–water partition coefficient (Wildman–Crippen LogP) is 2.07. The third-order valence-corrected chi connectivity index (χ3v) is 2.51. The number of nitrogens with zero attached hydrogens (tertiary/aromatic N) is 3. The second-order valence-corrected chi connectivity index (χ2v) is 5.06. The minimum atomic E-state index is 0.424. The maximum Gasteiger partial charge on any atom is 0.225 e. The molecule has 4 nitrogen and oxygen atoms in total. The SMILES string of the molecule is CNCc1cnc(N(CC(C)C)C(C)C)nc1. The van der Waals surface area contributed by atoms with Gasteiger partial charge in [-0.2, -0.15) is 0 Å². The second kappa shape index (κ2) is 6.55. The maximum absolute atomic E-state index is 4.45. The van der Waals surface area contributed by atoms with Crippen molar-refractivity contribution in [2.24, 2.45) is 5.92 Å². The van der Waals surface area contributed by atoms with Crippen molar-refractivity contribution < 1.29 is 0 Å². The van der Waals surface area contributed by atoms with Crippen LogP contribution in [0.2, 0.25) is 0 Å². The molecule has 0 atom stereocenters. The van der Waals surface area contributed by atoms with Gasteiger partial charge >= 0.3 is 0 Å². The Balaban J connectivity index is 2.80. The van der Waals surface area contributed by atoms with Crippen LogP contribution in [0.5, 0.6) is 0 Å². The Morgan fingerprint density at radius 1 is 1.18 bits per heavy atom. The van der Waals surface area contributed by atoms with Gasteiger partial charge in [-0.1, -0.05) is 13.8 Å². The zero-order chi connectivity index (χ0) is 12.8. The Morgan fingerprint density at radius 3 is 2.18 bits per heavy atom. The van der Waals surface area contributed by atoms with Crippen molar-refractivity contribution in [1.29, 1.82) is 0 Å². The Morgan fingerprint density at radius 2 is 1.76 bits per heavy atom. The van der Waals surface area contributed by atoms with Crippen molar-refractivity contribution >= 4 is 5.95 Å². The molecule has 0 unspecified atom stereocenters. The van der Waals surface area contributed by atoms with Crippen molar-refractivity contribution in [3.8, 4) is 0 Å². The first kappa shape index (κ1) is 13.9. The van der Waals surface area contributed by atoms with Crippen LogP contribution in [0.4, 0.5) is 5.95 Å². The van der Waals surface area contributed by atoms with Gasteiger partial charge in [0.1, 0.15) is 0 Å². The van der Waals surface area contributed by atoms with E-state index >= 15 is 0 Å². The van der Waals surface area contributed by atoms with E-state index in [-0.39, 0.29) is 0 Å². The monoisotopic (exact) mass is 236 g/mol. The van der Waals surface area contributed by atoms with Crippen LogP contribution in [0.25, 0.3) is 0 Å². The largest absolute Gasteiger partial charge is 0.338 e. The Kier molecular flexibility index (Phi) is 5.35. The predicted molar refractivity (Wildman–Crippen MR) is 72.1 cm³/mol. The van der Waals surface area contributed by atoms with Gasteiger partial charge in [-0.15, -0.1) is 0 Å². The van der Waals surface area contributed by atoms with Crippen LogP contribution in [0.15, 0.2) is 12.4 Å². The van der Waals surface area contributed by atoms with Gasteiger partial charge in [-0.05, 0) is 26.8 Å². The van der Waals surface area contributed by atoms with Crippen LogP contribution in [0.1, 0.15) is 33.3 Å². The summed E-state index contributed by atoms with van der Waals surface area (Å²) in [6.07, 6.45) is 3.79. The molecule has 0 aromatic carbocycles. The van der Waals surface area contributed by atoms with E-state index in [2.05, 4.69) is 47.9 Å². The van der Waals surface area contributed by atoms with Gasteiger partial charge in [0.05, 0.1) is 0 Å². The minimum absolute atomic E-state index is 0.424. The third-order valence-electron chi connectivity index (χ3n) is 2.51. The summed E-state index contributed by atoms with van der Waals surface area (Å²) in [4.78, 5) is 11.1. The average molecular weight is 236 g/mol. The van der Waals surface area contributed by atoms with Gasteiger partial charge in [-0.3, -0.25) is 0 Å². The molecule has 0 radical (unpaired) electrons. The number of aromatic nitrogens is 2. The quantitative estimate of drug-likeness (QED) is 0.821. The number of hydrogen-bond acceptors (Lipinski definition) is 4. The number of hydrogen-bond donors (Lipinski definition) is 1. The molecule has 1 rings (SSSR count). The fourth-order valence-corrected chi connectivity index (χ4v) is 1.71. The summed E-state index contributed by atoms with van der Waals surface area (Å²) in [5, 5.41) is 3.09. The van der Waals surface area contributed by atoms with Crippen molar-refractivity contribution in [3.63, 3.8) is 0 Å². The summed E-state index contributed by atoms with van der Waals surface area (Å²) >= 11 is 0. The highest BCUT2D eigenvalue weighted by Crippen LogP contribution is 2.13. The molecule has 0 fully saturated rings. The number of rotatable bonds is 6. The Bertz CT molecular complexity index is 319. The molecule has 1 heterocycles. The van der Waals surface area contributed by atoms with Gasteiger partial charge in [0.15, 0.2) is 0 Å². The first-order chi connectivity index (χ1) is 8.04. The van der Waals surface area contributed by atoms with Crippen LogP contribution >= 0.6 is 0 Å². The van der Waals surface area contributed by atoms with E-state index in [1.165, 1.54) is 0 Å². The molecule has 1 aromatic heterocycles. The lowest BCUT2D eigenvalue weighted by atomic mass is 10.2. The lowest BCUT2D eigenvalue weighted by Gasteiger charge is -2.28. The summed E-state index contributed by atoms with van der Waals surface area (Å²) in [5.74, 6) is 1.44. The molecule has 0 spiro atoms. The van der Waals surface area contributed by atoms with Crippen molar-refractivity contribution in [1.82, 2.24) is 15.3 Å². The van der Waals surface area contributed by atoms with E-state index < -0.39 is 0 Å². The standard InChI is InChI=1S/C13H24N4/c1-10(2)9-17(11(3)4)13-15-7-12(6-14-5)8-16-13/h7-8,10-11,14H,6,9H2,1-5H3. The molecule has 17 heavy (non-hydrogen) atoms. The van der Waals surface area contributed by atoms with E-state index in [4.69, 9.17) is 0 Å². The van der Waals surface area contributed by atoms with Crippen molar-refractivity contribution in [2.45, 2.75) is 40.3 Å². The van der Waals surface area contributed by atoms with Gasteiger partial charge < -0.3 is 10.2 Å². The summed E-state index contributed by atoms with van der Waals surface area (Å²) in [6.45, 7) is 10.6. The highest BCUT2D eigenvalue weighted by Gasteiger charge is 2.14. The Hall–Kier alpha value is -1.16. The smallest absolute Gasteiger partial charge is 0.225 e. The zero-order valence-corrected chi connectivity index (χ0v) is 11.6. The van der Waals surface area contributed by atoms with Crippen LogP contribution in [-0.4, -0.2) is 29.6 Å². The van der Waals surface area contributed by atoms with Crippen LogP contribution in [0, 0.1) is 5.92 Å². The van der Waals surface area contributed by atoms with E-state index in [0.717, 1.165) is 24.6 Å². The molecule has 0 aliphatic rings. The average Bonchev–Trinajstić information content (AvgIpc) is 2.27. The number of nitrogens with one attached hydrogen (secondary N) is 1. The molecule has 0 saturated heterocycles. The summed E-state index contributed by atoms with van der Waals surface area (Å²) in [6, 6.07) is 0.424. The molecule has 0 saturated carbocycles. The number of anilines is 1. The van der Waals surface area contributed by atoms with Gasteiger partial charge in [0.25, 0.3) is 0 Å². The lowest BCUT2D eigenvalue weighted by molar-refractivity contribution is 0.560. The second-order valence-electron chi connectivity index (χ2n) is 5.06. The Labute approximate surface area is 104 Å². The van der Waals surface area contributed by atoms with Crippen LogP contribution < -0.4 is 10.2 Å². The van der Waals surface area contributed by atoms with Crippen molar-refractivity contribution in [3.05, 3.63) is 18.0 Å². The summed E-state index contributed by atoms with van der Waals surface area (Å²) in [7, 11) is 1.92. The molecular weight excluding hydrogens is 212 g/mol. The highest BCUT2D eigenvalue weighted by molar-refractivity contribution is 5.31. The fraction of sp³-hybridized carbons (Fsp3) is 0.692. The van der Waals surface area contributed by atoms with E-state index in [9.17, 15) is 0 Å². The van der Waals surface area contributed by atoms with Crippen molar-refractivity contribution in [2.75, 3.05) is 18.5 Å². The van der Waals surface area contributed by atoms with E-state index in [0.29, 0.717) is 12.0 Å². The molecule has 1 N–H and O–H groups in total. The van der Waals surface area contributed by atoms with Crippen LogP contribution in [-0.2, 0) is 6.54 Å². The normalized spacial score (nSPS) is 11.2. The van der Waals surface area contributed by atoms with Gasteiger partial charge in [-0.25, -0.2) is 9.97 Å². The molecule has 0 bridgehead atoms. The molecule has 0 amide bonds. The third kappa shape index (κ3) is 4.30. The molecule has 0 aliphatic heterocycles. The minimum Gasteiger partial charge on any atom is -0.338 e. The molecule has 0 aliphatic carbocycles. The van der Waals surface area contributed by atoms with E-state index in [1.807, 2.05) is 19.4 Å². The van der Waals surface area contributed by atoms with Gasteiger partial charge in [0.2, 0.25) is 5.95 Å². The van der Waals surface area contributed by atoms with E-state index in [1.54, 1.807) is 0 Å². The zero-order valence-electron chi connectivity index (χ0n) is 11.6. The molecule has 1 aromatic rings. The fourth-order valence-electron chi connectivity index (χ4n) is 1.71. The maximum atomic E-state index is 4.45. The molecular formula is C13H24N4. The molecule has 96 valence electrons.